The van der Waals surface area contributed by atoms with Gasteiger partial charge in [-0.1, -0.05) is 19.4 Å². The molecule has 7 nitrogen and oxygen atoms in total. The van der Waals surface area contributed by atoms with Crippen LogP contribution in [0.1, 0.15) is 37.8 Å². The molecule has 3 heterocycles. The number of benzene rings is 2. The van der Waals surface area contributed by atoms with E-state index in [0.717, 1.165) is 40.6 Å². The minimum atomic E-state index is -1.10. The number of aryl methyl sites for hydroxylation is 2. The highest BCUT2D eigenvalue weighted by Crippen LogP contribution is 2.42. The fourth-order valence-electron chi connectivity index (χ4n) is 4.09. The molecular formula is C23H27N5O2. The van der Waals surface area contributed by atoms with Gasteiger partial charge in [-0.2, -0.15) is 0 Å². The summed E-state index contributed by atoms with van der Waals surface area (Å²) >= 11 is 0. The van der Waals surface area contributed by atoms with Crippen LogP contribution in [0.3, 0.4) is 0 Å². The summed E-state index contributed by atoms with van der Waals surface area (Å²) in [6.07, 6.45) is 5.34. The monoisotopic (exact) mass is 405 g/mol. The summed E-state index contributed by atoms with van der Waals surface area (Å²) < 4.78 is 5.57. The molecule has 2 aromatic carbocycles. The summed E-state index contributed by atoms with van der Waals surface area (Å²) in [5.74, 6) is 0.624. The van der Waals surface area contributed by atoms with Crippen LogP contribution in [0.15, 0.2) is 52.8 Å². The van der Waals surface area contributed by atoms with Crippen molar-refractivity contribution < 1.29 is 9.57 Å². The van der Waals surface area contributed by atoms with E-state index in [1.807, 2.05) is 30.2 Å². The number of nitrogens with one attached hydrogen (secondary N) is 3. The normalized spacial score (nSPS) is 21.2. The van der Waals surface area contributed by atoms with Gasteiger partial charge in [0.1, 0.15) is 11.6 Å². The number of ether oxygens (including phenoxy) is 1. The molecule has 0 amide bonds. The predicted octanol–water partition coefficient (Wildman–Crippen LogP) is 4.48. The molecule has 2 aromatic rings. The number of fused-ring (bicyclic) bond motifs is 3. The Balaban J connectivity index is 1.49. The van der Waals surface area contributed by atoms with Crippen molar-refractivity contribution >= 4 is 23.3 Å². The molecule has 0 aromatic heterocycles. The van der Waals surface area contributed by atoms with E-state index in [4.69, 9.17) is 14.6 Å². The molecule has 5 rings (SSSR count). The first-order valence-electron chi connectivity index (χ1n) is 10.5. The van der Waals surface area contributed by atoms with Gasteiger partial charge in [0.25, 0.3) is 0 Å². The molecule has 7 heteroatoms. The zero-order valence-electron chi connectivity index (χ0n) is 17.6. The second-order valence-corrected chi connectivity index (χ2v) is 7.95. The van der Waals surface area contributed by atoms with Crippen LogP contribution in [-0.2, 0) is 11.3 Å². The molecule has 0 aliphatic carbocycles. The highest BCUT2D eigenvalue weighted by atomic mass is 16.7. The molecule has 3 aliphatic rings. The Hall–Kier alpha value is -3.19. The van der Waals surface area contributed by atoms with Gasteiger partial charge >= 0.3 is 5.97 Å². The largest absolute Gasteiger partial charge is 0.471 e. The Morgan fingerprint density at radius 3 is 2.93 bits per heavy atom. The van der Waals surface area contributed by atoms with Crippen molar-refractivity contribution in [3.05, 3.63) is 58.9 Å². The first-order valence-corrected chi connectivity index (χ1v) is 10.5. The Morgan fingerprint density at radius 2 is 2.10 bits per heavy atom. The predicted molar refractivity (Wildman–Crippen MR) is 120 cm³/mol. The zero-order valence-corrected chi connectivity index (χ0v) is 17.6. The van der Waals surface area contributed by atoms with E-state index in [0.29, 0.717) is 6.73 Å². The third-order valence-corrected chi connectivity index (χ3v) is 5.78. The SMILES string of the molecule is CCCCc1ccc(NC23N=CC(C)=C(NO2)N3c2ccc3c(c2)NCO3)cc1C. The van der Waals surface area contributed by atoms with Gasteiger partial charge in [-0.3, -0.25) is 4.90 Å². The lowest BCUT2D eigenvalue weighted by molar-refractivity contribution is -0.0214. The van der Waals surface area contributed by atoms with Crippen LogP contribution in [0.4, 0.5) is 17.1 Å². The van der Waals surface area contributed by atoms with E-state index in [1.54, 1.807) is 0 Å². The molecule has 3 N–H and O–H groups in total. The van der Waals surface area contributed by atoms with Crippen molar-refractivity contribution in [3.8, 4) is 5.75 Å². The minimum absolute atomic E-state index is 0.487. The van der Waals surface area contributed by atoms with Gasteiger partial charge in [-0.15, -0.1) is 0 Å². The second-order valence-electron chi connectivity index (χ2n) is 7.95. The van der Waals surface area contributed by atoms with Gasteiger partial charge in [-0.05, 0) is 68.1 Å². The molecule has 1 fully saturated rings. The van der Waals surface area contributed by atoms with Crippen molar-refractivity contribution in [1.82, 2.24) is 5.48 Å². The van der Waals surface area contributed by atoms with Gasteiger partial charge < -0.3 is 15.4 Å². The first-order chi connectivity index (χ1) is 14.6. The lowest BCUT2D eigenvalue weighted by Gasteiger charge is -2.36. The van der Waals surface area contributed by atoms with Crippen molar-refractivity contribution in [1.29, 1.82) is 0 Å². The highest BCUT2D eigenvalue weighted by Gasteiger charge is 2.49. The van der Waals surface area contributed by atoms with E-state index in [2.05, 4.69) is 54.2 Å². The van der Waals surface area contributed by atoms with Crippen LogP contribution in [-0.4, -0.2) is 18.9 Å². The topological polar surface area (TPSA) is 70.2 Å². The molecule has 3 aliphatic heterocycles. The lowest BCUT2D eigenvalue weighted by atomic mass is 10.0. The second kappa shape index (κ2) is 7.25. The van der Waals surface area contributed by atoms with Gasteiger partial charge in [0.2, 0.25) is 0 Å². The van der Waals surface area contributed by atoms with Crippen LogP contribution in [0.25, 0.3) is 0 Å². The first kappa shape index (κ1) is 18.8. The van der Waals surface area contributed by atoms with Gasteiger partial charge in [0.15, 0.2) is 6.73 Å². The van der Waals surface area contributed by atoms with E-state index in [1.165, 1.54) is 24.0 Å². The van der Waals surface area contributed by atoms with Crippen molar-refractivity contribution in [2.45, 2.75) is 46.0 Å². The van der Waals surface area contributed by atoms with E-state index < -0.39 is 5.97 Å². The maximum absolute atomic E-state index is 6.02. The fourth-order valence-corrected chi connectivity index (χ4v) is 4.09. The third kappa shape index (κ3) is 3.06. The van der Waals surface area contributed by atoms with Crippen LogP contribution in [0, 0.1) is 6.92 Å². The number of hydrogen-bond acceptors (Lipinski definition) is 7. The molecule has 0 spiro atoms. The van der Waals surface area contributed by atoms with E-state index in [9.17, 15) is 0 Å². The number of nitrogens with zero attached hydrogens (tertiary/aromatic N) is 2. The lowest BCUT2D eigenvalue weighted by Crippen LogP contribution is -2.51. The zero-order chi connectivity index (χ0) is 20.7. The number of aliphatic imine (C=N–C) groups is 1. The summed E-state index contributed by atoms with van der Waals surface area (Å²) in [5, 5.41) is 6.75. The van der Waals surface area contributed by atoms with Crippen LogP contribution >= 0.6 is 0 Å². The molecule has 1 saturated heterocycles. The summed E-state index contributed by atoms with van der Waals surface area (Å²) in [7, 11) is 0. The average molecular weight is 406 g/mol. The quantitative estimate of drug-likeness (QED) is 0.658. The van der Waals surface area contributed by atoms with Crippen molar-refractivity contribution in [2.24, 2.45) is 4.99 Å². The number of allylic oxidation sites excluding steroid dienone is 1. The molecule has 30 heavy (non-hydrogen) atoms. The summed E-state index contributed by atoms with van der Waals surface area (Å²) in [5.41, 5.74) is 9.60. The Morgan fingerprint density at radius 1 is 1.20 bits per heavy atom. The smallest absolute Gasteiger partial charge is 0.351 e. The molecule has 0 saturated carbocycles. The Kier molecular flexibility index (Phi) is 4.55. The summed E-state index contributed by atoms with van der Waals surface area (Å²) in [6, 6.07) is 12.5. The summed E-state index contributed by atoms with van der Waals surface area (Å²) in [4.78, 5) is 12.8. The number of hydrogen-bond donors (Lipinski definition) is 3. The van der Waals surface area contributed by atoms with E-state index in [-0.39, 0.29) is 0 Å². The van der Waals surface area contributed by atoms with E-state index >= 15 is 0 Å². The fraction of sp³-hybridized carbons (Fsp3) is 0.348. The molecule has 156 valence electrons. The van der Waals surface area contributed by atoms with Gasteiger partial charge in [-0.25, -0.2) is 15.3 Å². The highest BCUT2D eigenvalue weighted by molar-refractivity contribution is 5.85. The van der Waals surface area contributed by atoms with Gasteiger partial charge in [0.05, 0.1) is 11.4 Å². The number of unbranched alkanes of at least 4 members (excludes halogenated alkanes) is 1. The number of anilines is 3. The molecule has 1 atom stereocenters. The van der Waals surface area contributed by atoms with Crippen molar-refractivity contribution in [2.75, 3.05) is 22.3 Å². The minimum Gasteiger partial charge on any atom is -0.471 e. The standard InChI is InChI=1S/C23H27N5O2/c1-4-5-6-17-7-8-18(11-15(17)2)26-23-25-13-16(3)22(27-30-23)28(23)19-9-10-21-20(12-19)24-14-29-21/h7-13,24,26-27H,4-6,14H2,1-3H3. The molecule has 1 unspecified atom stereocenters. The van der Waals surface area contributed by atoms with Crippen LogP contribution in [0.2, 0.25) is 0 Å². The third-order valence-electron chi connectivity index (χ3n) is 5.78. The summed E-state index contributed by atoms with van der Waals surface area (Å²) in [6.45, 7) is 6.88. The Labute approximate surface area is 176 Å². The number of rotatable bonds is 6. The van der Waals surface area contributed by atoms with Crippen molar-refractivity contribution in [3.63, 3.8) is 0 Å². The van der Waals surface area contributed by atoms with Gasteiger partial charge in [0, 0.05) is 17.5 Å². The maximum atomic E-state index is 6.02. The van der Waals surface area contributed by atoms with Crippen LogP contribution < -0.4 is 25.8 Å². The molecule has 0 radical (unpaired) electrons. The molecular weight excluding hydrogens is 378 g/mol. The Bertz CT molecular complexity index is 1050. The number of hydroxylamine groups is 1. The molecule has 2 bridgehead atoms. The average Bonchev–Trinajstić information content (AvgIpc) is 3.32. The maximum Gasteiger partial charge on any atom is 0.351 e. The van der Waals surface area contributed by atoms with Crippen LogP contribution in [0.5, 0.6) is 5.75 Å².